The van der Waals surface area contributed by atoms with Crippen LogP contribution in [0.5, 0.6) is 28.7 Å². The minimum atomic E-state index is -1.06. The minimum Gasteiger partial charge on any atom is -1.00 e. The Morgan fingerprint density at radius 2 is 1.54 bits per heavy atom. The number of phenols is 1. The third-order valence-corrected chi connectivity index (χ3v) is 4.90. The SMILES string of the molecule is CCc1cc(C(C)=O)c(O)cc1OCCCOc1cccc(Oc2ccccc2C(=O)O)c1.[H-].[H-].[Na+].[Na+]. The minimum absolute atomic E-state index is 0. The normalized spacial score (nSPS) is 9.89. The van der Waals surface area contributed by atoms with Crippen LogP contribution in [0.1, 0.15) is 49.4 Å². The first-order chi connectivity index (χ1) is 15.9. The van der Waals surface area contributed by atoms with Gasteiger partial charge in [-0.1, -0.05) is 25.1 Å². The largest absolute Gasteiger partial charge is 1.00 e. The molecule has 0 fully saturated rings. The zero-order valence-electron chi connectivity index (χ0n) is 22.5. The smallest absolute Gasteiger partial charge is 1.00 e. The van der Waals surface area contributed by atoms with Crippen molar-refractivity contribution in [2.75, 3.05) is 13.2 Å². The Hall–Kier alpha value is -2.00. The first-order valence-corrected chi connectivity index (χ1v) is 10.6. The summed E-state index contributed by atoms with van der Waals surface area (Å²) in [5.74, 6) is 0.499. The first kappa shape index (κ1) is 31.0. The zero-order chi connectivity index (χ0) is 23.8. The van der Waals surface area contributed by atoms with Gasteiger partial charge in [0.1, 0.15) is 34.3 Å². The monoisotopic (exact) mass is 498 g/mol. The van der Waals surface area contributed by atoms with Crippen molar-refractivity contribution in [1.29, 1.82) is 0 Å². The Kier molecular flexibility index (Phi) is 13.5. The van der Waals surface area contributed by atoms with Crippen molar-refractivity contribution in [1.82, 2.24) is 0 Å². The molecule has 176 valence electrons. The number of carbonyl (C=O) groups excluding carboxylic acids is 1. The van der Waals surface area contributed by atoms with Crippen molar-refractivity contribution in [3.05, 3.63) is 77.4 Å². The van der Waals surface area contributed by atoms with E-state index in [0.29, 0.717) is 43.3 Å². The maximum atomic E-state index is 11.6. The third-order valence-electron chi connectivity index (χ3n) is 4.90. The predicted molar refractivity (Wildman–Crippen MR) is 125 cm³/mol. The van der Waals surface area contributed by atoms with E-state index in [4.69, 9.17) is 14.2 Å². The van der Waals surface area contributed by atoms with Gasteiger partial charge in [0.25, 0.3) is 0 Å². The number of carboxylic acids is 1. The van der Waals surface area contributed by atoms with Crippen LogP contribution in [0, 0.1) is 0 Å². The summed E-state index contributed by atoms with van der Waals surface area (Å²) in [6.45, 7) is 4.12. The summed E-state index contributed by atoms with van der Waals surface area (Å²) >= 11 is 0. The van der Waals surface area contributed by atoms with E-state index in [0.717, 1.165) is 5.56 Å². The van der Waals surface area contributed by atoms with Gasteiger partial charge in [0.15, 0.2) is 5.78 Å². The molecule has 0 amide bonds. The maximum absolute atomic E-state index is 11.6. The average molecular weight is 498 g/mol. The van der Waals surface area contributed by atoms with Crippen LogP contribution in [-0.2, 0) is 6.42 Å². The molecule has 35 heavy (non-hydrogen) atoms. The van der Waals surface area contributed by atoms with E-state index in [-0.39, 0.29) is 90.4 Å². The summed E-state index contributed by atoms with van der Waals surface area (Å²) < 4.78 is 17.3. The number of ketones is 1. The van der Waals surface area contributed by atoms with Crippen molar-refractivity contribution in [3.8, 4) is 28.7 Å². The van der Waals surface area contributed by atoms with Gasteiger partial charge in [0.05, 0.1) is 18.8 Å². The Bertz CT molecular complexity index is 1160. The zero-order valence-corrected chi connectivity index (χ0v) is 24.5. The number of aromatic hydroxyl groups is 1. The molecule has 0 aliphatic rings. The number of hydrogen-bond acceptors (Lipinski definition) is 6. The van der Waals surface area contributed by atoms with Crippen molar-refractivity contribution >= 4 is 11.8 Å². The van der Waals surface area contributed by atoms with Crippen LogP contribution in [0.3, 0.4) is 0 Å². The number of para-hydroxylation sites is 1. The molecule has 7 nitrogen and oxygen atoms in total. The number of aromatic carboxylic acids is 1. The van der Waals surface area contributed by atoms with Gasteiger partial charge >= 0.3 is 65.1 Å². The van der Waals surface area contributed by atoms with Crippen LogP contribution in [0.2, 0.25) is 0 Å². The number of Topliss-reactive ketones (excluding diaryl/α,β-unsaturated/α-hetero) is 1. The van der Waals surface area contributed by atoms with Crippen LogP contribution in [0.15, 0.2) is 60.7 Å². The number of carboxylic acid groups (broad SMARTS) is 1. The van der Waals surface area contributed by atoms with Crippen molar-refractivity contribution in [3.63, 3.8) is 0 Å². The fourth-order valence-corrected chi connectivity index (χ4v) is 3.22. The Balaban J connectivity index is 0. The molecule has 3 aromatic rings. The Morgan fingerprint density at radius 1 is 0.857 bits per heavy atom. The Morgan fingerprint density at radius 3 is 2.23 bits per heavy atom. The number of phenolic OH excluding ortho intramolecular Hbond substituents is 1. The van der Waals surface area contributed by atoms with Gasteiger partial charge in [-0.05, 0) is 49.2 Å². The van der Waals surface area contributed by atoms with Crippen LogP contribution in [0.25, 0.3) is 0 Å². The molecule has 3 aromatic carbocycles. The van der Waals surface area contributed by atoms with E-state index in [1.54, 1.807) is 48.5 Å². The fourth-order valence-electron chi connectivity index (χ4n) is 3.22. The van der Waals surface area contributed by atoms with E-state index in [1.165, 1.54) is 19.1 Å². The molecule has 0 aromatic heterocycles. The molecule has 0 unspecified atom stereocenters. The van der Waals surface area contributed by atoms with Gasteiger partial charge in [-0.25, -0.2) is 4.79 Å². The number of aryl methyl sites for hydroxylation is 1. The van der Waals surface area contributed by atoms with Gasteiger partial charge in [-0.3, -0.25) is 4.79 Å². The summed E-state index contributed by atoms with van der Waals surface area (Å²) in [6, 6.07) is 16.5. The van der Waals surface area contributed by atoms with Gasteiger partial charge in [0.2, 0.25) is 0 Å². The molecule has 0 aliphatic carbocycles. The van der Waals surface area contributed by atoms with Gasteiger partial charge < -0.3 is 27.3 Å². The summed E-state index contributed by atoms with van der Waals surface area (Å²) in [6.07, 6.45) is 1.26. The molecule has 2 N–H and O–H groups in total. The summed E-state index contributed by atoms with van der Waals surface area (Å²) in [7, 11) is 0. The van der Waals surface area contributed by atoms with Crippen molar-refractivity contribution in [2.45, 2.75) is 26.7 Å². The fraction of sp³-hybridized carbons (Fsp3) is 0.231. The molecule has 0 saturated carbocycles. The number of hydrogen-bond donors (Lipinski definition) is 2. The number of carbonyl (C=O) groups is 2. The quantitative estimate of drug-likeness (QED) is 0.213. The van der Waals surface area contributed by atoms with E-state index in [9.17, 15) is 19.8 Å². The predicted octanol–water partition coefficient (Wildman–Crippen LogP) is -0.271. The van der Waals surface area contributed by atoms with Crippen LogP contribution < -0.4 is 73.3 Å². The molecule has 0 spiro atoms. The summed E-state index contributed by atoms with van der Waals surface area (Å²) in [4.78, 5) is 22.9. The molecule has 0 heterocycles. The summed E-state index contributed by atoms with van der Waals surface area (Å²) in [5, 5.41) is 19.3. The van der Waals surface area contributed by atoms with Gasteiger partial charge in [-0.2, -0.15) is 0 Å². The van der Waals surface area contributed by atoms with Crippen molar-refractivity contribution in [2.24, 2.45) is 0 Å². The summed E-state index contributed by atoms with van der Waals surface area (Å²) in [5.41, 5.74) is 1.22. The standard InChI is InChI=1S/C26H26O7.2Na.2H/c1-3-18-14-22(17(2)27)23(28)16-25(18)32-13-7-12-31-19-8-6-9-20(15-19)33-24-11-5-4-10-21(24)26(29)30;;;;/h4-6,8-11,14-16,28H,3,7,12-13H2,1-2H3,(H,29,30);;;;/q;2*+1;2*-1. The van der Waals surface area contributed by atoms with Crippen LogP contribution in [0.4, 0.5) is 0 Å². The van der Waals surface area contributed by atoms with Gasteiger partial charge in [0, 0.05) is 18.6 Å². The molecule has 0 bridgehead atoms. The molecular formula is C26H28Na2O7. The molecule has 0 saturated heterocycles. The van der Waals surface area contributed by atoms with Crippen LogP contribution in [-0.4, -0.2) is 35.2 Å². The molecule has 0 atom stereocenters. The topological polar surface area (TPSA) is 102 Å². The van der Waals surface area contributed by atoms with E-state index in [2.05, 4.69) is 0 Å². The average Bonchev–Trinajstić information content (AvgIpc) is 2.79. The molecule has 9 heteroatoms. The van der Waals surface area contributed by atoms with Crippen LogP contribution >= 0.6 is 0 Å². The second-order valence-corrected chi connectivity index (χ2v) is 7.32. The second-order valence-electron chi connectivity index (χ2n) is 7.32. The number of rotatable bonds is 11. The van der Waals surface area contributed by atoms with E-state index in [1.807, 2.05) is 6.92 Å². The first-order valence-electron chi connectivity index (χ1n) is 10.6. The molecule has 0 radical (unpaired) electrons. The van der Waals surface area contributed by atoms with E-state index < -0.39 is 5.97 Å². The maximum Gasteiger partial charge on any atom is 1.00 e. The molecular weight excluding hydrogens is 470 g/mol. The number of ether oxygens (including phenoxy) is 3. The third kappa shape index (κ3) is 8.86. The van der Waals surface area contributed by atoms with E-state index >= 15 is 0 Å². The molecule has 3 rings (SSSR count). The van der Waals surface area contributed by atoms with Crippen molar-refractivity contribution < 1.29 is 96.0 Å². The number of benzene rings is 3. The molecule has 0 aliphatic heterocycles. The second kappa shape index (κ2) is 15.2. The Labute approximate surface area is 252 Å². The van der Waals surface area contributed by atoms with Gasteiger partial charge in [-0.15, -0.1) is 0 Å².